The molecule has 1 saturated heterocycles. The zero-order chi connectivity index (χ0) is 11.5. The molecule has 1 unspecified atom stereocenters. The summed E-state index contributed by atoms with van der Waals surface area (Å²) < 4.78 is 5.47. The SMILES string of the molecule is CC1CN(Cc2cccc(Cl)c2O)CCO1. The predicted molar refractivity (Wildman–Crippen MR) is 63.8 cm³/mol. The number of hydrogen-bond donors (Lipinski definition) is 1. The minimum Gasteiger partial charge on any atom is -0.506 e. The van der Waals surface area contributed by atoms with E-state index in [0.29, 0.717) is 5.02 Å². The minimum atomic E-state index is 0.198. The first-order valence-corrected chi connectivity index (χ1v) is 5.85. The second-order valence-corrected chi connectivity index (χ2v) is 4.57. The molecule has 1 aliphatic heterocycles. The van der Waals surface area contributed by atoms with Crippen LogP contribution in [0.5, 0.6) is 5.75 Å². The summed E-state index contributed by atoms with van der Waals surface area (Å²) in [4.78, 5) is 2.26. The van der Waals surface area contributed by atoms with Gasteiger partial charge in [-0.05, 0) is 13.0 Å². The molecule has 0 spiro atoms. The van der Waals surface area contributed by atoms with E-state index in [9.17, 15) is 5.11 Å². The number of phenolic OH excluding ortho intramolecular Hbond substituents is 1. The van der Waals surface area contributed by atoms with Gasteiger partial charge in [0.1, 0.15) is 5.75 Å². The van der Waals surface area contributed by atoms with Gasteiger partial charge in [0.25, 0.3) is 0 Å². The van der Waals surface area contributed by atoms with E-state index >= 15 is 0 Å². The van der Waals surface area contributed by atoms with Crippen molar-refractivity contribution < 1.29 is 9.84 Å². The summed E-state index contributed by atoms with van der Waals surface area (Å²) >= 11 is 5.87. The second-order valence-electron chi connectivity index (χ2n) is 4.16. The average Bonchev–Trinajstić information content (AvgIpc) is 2.25. The second kappa shape index (κ2) is 5.04. The molecule has 1 heterocycles. The molecule has 1 aliphatic rings. The van der Waals surface area contributed by atoms with Gasteiger partial charge in [0.15, 0.2) is 0 Å². The molecule has 0 radical (unpaired) electrons. The van der Waals surface area contributed by atoms with Crippen LogP contribution in [0.1, 0.15) is 12.5 Å². The fourth-order valence-corrected chi connectivity index (χ4v) is 2.16. The smallest absolute Gasteiger partial charge is 0.138 e. The lowest BCUT2D eigenvalue weighted by Gasteiger charge is -2.31. The average molecular weight is 242 g/mol. The summed E-state index contributed by atoms with van der Waals surface area (Å²) in [5.41, 5.74) is 0.876. The number of phenols is 1. The zero-order valence-corrected chi connectivity index (χ0v) is 10.1. The lowest BCUT2D eigenvalue weighted by atomic mass is 10.1. The van der Waals surface area contributed by atoms with Gasteiger partial charge in [0, 0.05) is 25.2 Å². The molecule has 1 atom stereocenters. The van der Waals surface area contributed by atoms with Crippen LogP contribution in [0, 0.1) is 0 Å². The van der Waals surface area contributed by atoms with Gasteiger partial charge in [0.05, 0.1) is 17.7 Å². The molecule has 0 bridgehead atoms. The van der Waals surface area contributed by atoms with Crippen LogP contribution < -0.4 is 0 Å². The van der Waals surface area contributed by atoms with Crippen molar-refractivity contribution in [2.75, 3.05) is 19.7 Å². The Balaban J connectivity index is 2.05. The van der Waals surface area contributed by atoms with E-state index < -0.39 is 0 Å². The van der Waals surface area contributed by atoms with Crippen molar-refractivity contribution >= 4 is 11.6 Å². The van der Waals surface area contributed by atoms with Crippen LogP contribution in [-0.4, -0.2) is 35.8 Å². The maximum Gasteiger partial charge on any atom is 0.138 e. The number of aromatic hydroxyl groups is 1. The first kappa shape index (κ1) is 11.7. The Hall–Kier alpha value is -0.770. The van der Waals surface area contributed by atoms with Crippen molar-refractivity contribution in [3.05, 3.63) is 28.8 Å². The van der Waals surface area contributed by atoms with Gasteiger partial charge < -0.3 is 9.84 Å². The van der Waals surface area contributed by atoms with E-state index in [2.05, 4.69) is 11.8 Å². The van der Waals surface area contributed by atoms with Crippen molar-refractivity contribution in [1.29, 1.82) is 0 Å². The Kier molecular flexibility index (Phi) is 3.69. The molecule has 88 valence electrons. The van der Waals surface area contributed by atoms with Crippen LogP contribution in [0.4, 0.5) is 0 Å². The van der Waals surface area contributed by atoms with Crippen molar-refractivity contribution in [3.63, 3.8) is 0 Å². The molecule has 1 fully saturated rings. The van der Waals surface area contributed by atoms with Gasteiger partial charge in [-0.2, -0.15) is 0 Å². The largest absolute Gasteiger partial charge is 0.506 e. The van der Waals surface area contributed by atoms with Crippen LogP contribution in [-0.2, 0) is 11.3 Å². The summed E-state index contributed by atoms with van der Waals surface area (Å²) in [6.07, 6.45) is 0.259. The van der Waals surface area contributed by atoms with Crippen molar-refractivity contribution in [3.8, 4) is 5.75 Å². The number of para-hydroxylation sites is 1. The highest BCUT2D eigenvalue weighted by atomic mass is 35.5. The maximum absolute atomic E-state index is 9.80. The van der Waals surface area contributed by atoms with E-state index in [4.69, 9.17) is 16.3 Å². The number of ether oxygens (including phenoxy) is 1. The molecule has 0 amide bonds. The highest BCUT2D eigenvalue weighted by molar-refractivity contribution is 6.32. The number of morpholine rings is 1. The molecular formula is C12H16ClNO2. The fourth-order valence-electron chi connectivity index (χ4n) is 1.96. The fraction of sp³-hybridized carbons (Fsp3) is 0.500. The third kappa shape index (κ3) is 2.67. The zero-order valence-electron chi connectivity index (χ0n) is 9.32. The van der Waals surface area contributed by atoms with Crippen LogP contribution in [0.25, 0.3) is 0 Å². The summed E-state index contributed by atoms with van der Waals surface area (Å²) in [7, 11) is 0. The third-order valence-corrected chi connectivity index (χ3v) is 3.09. The normalized spacial score (nSPS) is 22.2. The van der Waals surface area contributed by atoms with Gasteiger partial charge in [-0.1, -0.05) is 23.7 Å². The Morgan fingerprint density at radius 2 is 2.38 bits per heavy atom. The Bertz CT molecular complexity index is 370. The van der Waals surface area contributed by atoms with Crippen molar-refractivity contribution in [2.45, 2.75) is 19.6 Å². The number of rotatable bonds is 2. The topological polar surface area (TPSA) is 32.7 Å². The van der Waals surface area contributed by atoms with E-state index in [1.807, 2.05) is 12.1 Å². The first-order chi connectivity index (χ1) is 7.66. The Morgan fingerprint density at radius 3 is 3.12 bits per heavy atom. The van der Waals surface area contributed by atoms with Crippen LogP contribution >= 0.6 is 11.6 Å². The standard InChI is InChI=1S/C12H16ClNO2/c1-9-7-14(5-6-16-9)8-10-3-2-4-11(13)12(10)15/h2-4,9,15H,5-8H2,1H3. The minimum absolute atomic E-state index is 0.198. The lowest BCUT2D eigenvalue weighted by Crippen LogP contribution is -2.40. The van der Waals surface area contributed by atoms with Gasteiger partial charge >= 0.3 is 0 Å². The molecule has 0 aromatic heterocycles. The quantitative estimate of drug-likeness (QED) is 0.862. The highest BCUT2D eigenvalue weighted by Gasteiger charge is 2.18. The summed E-state index contributed by atoms with van der Waals surface area (Å²) in [5.74, 6) is 0.198. The van der Waals surface area contributed by atoms with Crippen molar-refractivity contribution in [2.24, 2.45) is 0 Å². The molecule has 2 rings (SSSR count). The summed E-state index contributed by atoms with van der Waals surface area (Å²) in [5, 5.41) is 10.2. The summed E-state index contributed by atoms with van der Waals surface area (Å²) in [6.45, 7) is 5.33. The van der Waals surface area contributed by atoms with Gasteiger partial charge in [0.2, 0.25) is 0 Å². The maximum atomic E-state index is 9.80. The van der Waals surface area contributed by atoms with Gasteiger partial charge in [-0.15, -0.1) is 0 Å². The molecule has 1 aromatic carbocycles. The molecular weight excluding hydrogens is 226 g/mol. The number of halogens is 1. The Labute approximate surface area is 101 Å². The number of nitrogens with zero attached hydrogens (tertiary/aromatic N) is 1. The molecule has 0 saturated carbocycles. The van der Waals surface area contributed by atoms with E-state index in [0.717, 1.165) is 31.8 Å². The number of benzene rings is 1. The van der Waals surface area contributed by atoms with Crippen LogP contribution in [0.15, 0.2) is 18.2 Å². The molecule has 1 aromatic rings. The van der Waals surface area contributed by atoms with Gasteiger partial charge in [-0.25, -0.2) is 0 Å². The van der Waals surface area contributed by atoms with E-state index in [-0.39, 0.29) is 11.9 Å². The van der Waals surface area contributed by atoms with Gasteiger partial charge in [-0.3, -0.25) is 4.90 Å². The summed E-state index contributed by atoms with van der Waals surface area (Å²) in [6, 6.07) is 5.46. The Morgan fingerprint density at radius 1 is 1.56 bits per heavy atom. The molecule has 3 nitrogen and oxygen atoms in total. The predicted octanol–water partition coefficient (Wildman–Crippen LogP) is 2.27. The molecule has 0 aliphatic carbocycles. The molecule has 16 heavy (non-hydrogen) atoms. The molecule has 1 N–H and O–H groups in total. The van der Waals surface area contributed by atoms with Crippen LogP contribution in [0.2, 0.25) is 5.02 Å². The monoisotopic (exact) mass is 241 g/mol. The highest BCUT2D eigenvalue weighted by Crippen LogP contribution is 2.28. The van der Waals surface area contributed by atoms with E-state index in [1.54, 1.807) is 6.07 Å². The van der Waals surface area contributed by atoms with Crippen molar-refractivity contribution in [1.82, 2.24) is 4.90 Å². The van der Waals surface area contributed by atoms with E-state index in [1.165, 1.54) is 0 Å². The first-order valence-electron chi connectivity index (χ1n) is 5.47. The van der Waals surface area contributed by atoms with Crippen LogP contribution in [0.3, 0.4) is 0 Å². The number of hydrogen-bond acceptors (Lipinski definition) is 3. The lowest BCUT2D eigenvalue weighted by molar-refractivity contribution is -0.0214. The third-order valence-electron chi connectivity index (χ3n) is 2.79. The molecule has 4 heteroatoms.